The highest BCUT2D eigenvalue weighted by Gasteiger charge is 2.11. The number of rotatable bonds is 7. The summed E-state index contributed by atoms with van der Waals surface area (Å²) in [4.78, 5) is 24.5. The summed E-state index contributed by atoms with van der Waals surface area (Å²) in [5, 5.41) is 11.8. The highest BCUT2D eigenvalue weighted by Crippen LogP contribution is 2.12. The van der Waals surface area contributed by atoms with Gasteiger partial charge in [-0.15, -0.1) is 0 Å². The fraction of sp³-hybridized carbons (Fsp3) is 0.375. The Bertz CT molecular complexity index is 959. The molecule has 136 valence electrons. The molecule has 0 unspecified atom stereocenters. The Kier molecular flexibility index (Phi) is 5.81. The minimum absolute atomic E-state index is 0.00493. The fourth-order valence-corrected chi connectivity index (χ4v) is 2.92. The number of sulfone groups is 1. The van der Waals surface area contributed by atoms with Crippen LogP contribution in [0.3, 0.4) is 0 Å². The van der Waals surface area contributed by atoms with Gasteiger partial charge in [0.25, 0.3) is 5.56 Å². The lowest BCUT2D eigenvalue weighted by Gasteiger charge is -2.15. The Hall–Kier alpha value is -2.39. The maximum Gasteiger partial charge on any atom is 0.332 e. The number of anilines is 1. The van der Waals surface area contributed by atoms with Crippen molar-refractivity contribution < 1.29 is 13.5 Å². The summed E-state index contributed by atoms with van der Waals surface area (Å²) in [5.74, 6) is 0.355. The van der Waals surface area contributed by atoms with E-state index in [2.05, 4.69) is 5.32 Å². The molecule has 0 atom stereocenters. The molecule has 0 saturated carbocycles. The molecule has 0 aliphatic carbocycles. The van der Waals surface area contributed by atoms with Crippen LogP contribution in [0.4, 0.5) is 5.82 Å². The van der Waals surface area contributed by atoms with Crippen LogP contribution in [0.15, 0.2) is 44.8 Å². The average molecular weight is 367 g/mol. The zero-order chi connectivity index (χ0) is 18.6. The third-order valence-electron chi connectivity index (χ3n) is 3.73. The average Bonchev–Trinajstić information content (AvgIpc) is 2.56. The summed E-state index contributed by atoms with van der Waals surface area (Å²) in [5.41, 5.74) is -0.190. The van der Waals surface area contributed by atoms with Gasteiger partial charge < -0.3 is 10.4 Å². The van der Waals surface area contributed by atoms with Crippen LogP contribution in [0, 0.1) is 0 Å². The summed E-state index contributed by atoms with van der Waals surface area (Å²) in [7, 11) is -1.89. The van der Waals surface area contributed by atoms with Crippen molar-refractivity contribution in [2.24, 2.45) is 7.05 Å². The summed E-state index contributed by atoms with van der Waals surface area (Å²) in [6.45, 7) is 0.587. The normalized spacial score (nSPS) is 11.5. The summed E-state index contributed by atoms with van der Waals surface area (Å²) < 4.78 is 25.4. The number of aliphatic hydroxyl groups excluding tert-OH is 1. The molecule has 2 rings (SSSR count). The Morgan fingerprint density at radius 2 is 1.80 bits per heavy atom. The highest BCUT2D eigenvalue weighted by molar-refractivity contribution is 7.90. The van der Waals surface area contributed by atoms with Gasteiger partial charge in [-0.3, -0.25) is 13.9 Å². The number of aliphatic hydroxyl groups is 1. The molecule has 2 aromatic rings. The van der Waals surface area contributed by atoms with E-state index in [0.717, 1.165) is 16.4 Å². The van der Waals surface area contributed by atoms with Crippen LogP contribution in [0.25, 0.3) is 0 Å². The second-order valence-electron chi connectivity index (χ2n) is 5.72. The highest BCUT2D eigenvalue weighted by atomic mass is 32.2. The number of nitrogens with one attached hydrogen (secondary N) is 1. The van der Waals surface area contributed by atoms with Crippen molar-refractivity contribution in [3.05, 3.63) is 56.7 Å². The van der Waals surface area contributed by atoms with E-state index < -0.39 is 21.1 Å². The number of nitrogens with zero attached hydrogens (tertiary/aromatic N) is 2. The molecule has 9 heteroatoms. The quantitative estimate of drug-likeness (QED) is 0.656. The monoisotopic (exact) mass is 367 g/mol. The van der Waals surface area contributed by atoms with Crippen LogP contribution >= 0.6 is 0 Å². The molecule has 0 radical (unpaired) electrons. The molecule has 1 aromatic carbocycles. The first-order valence-corrected chi connectivity index (χ1v) is 9.58. The molecule has 0 bridgehead atoms. The van der Waals surface area contributed by atoms with Crippen LogP contribution in [-0.4, -0.2) is 42.1 Å². The van der Waals surface area contributed by atoms with Crippen LogP contribution in [-0.2, 0) is 23.4 Å². The second-order valence-corrected chi connectivity index (χ2v) is 7.73. The van der Waals surface area contributed by atoms with Gasteiger partial charge in [-0.2, -0.15) is 0 Å². The molecule has 8 nitrogen and oxygen atoms in total. The Labute approximate surface area is 145 Å². The van der Waals surface area contributed by atoms with Crippen molar-refractivity contribution in [3.63, 3.8) is 0 Å². The van der Waals surface area contributed by atoms with Crippen molar-refractivity contribution in [3.8, 4) is 0 Å². The third kappa shape index (κ3) is 4.58. The Morgan fingerprint density at radius 1 is 1.16 bits per heavy atom. The molecule has 1 heterocycles. The summed E-state index contributed by atoms with van der Waals surface area (Å²) in [6, 6.07) is 7.55. The Balaban J connectivity index is 2.39. The van der Waals surface area contributed by atoms with Crippen molar-refractivity contribution in [1.82, 2.24) is 9.13 Å². The minimum Gasteiger partial charge on any atom is -0.396 e. The fourth-order valence-electron chi connectivity index (χ4n) is 2.29. The molecule has 2 N–H and O–H groups in total. The predicted octanol–water partition coefficient (Wildman–Crippen LogP) is -0.207. The molecular weight excluding hydrogens is 346 g/mol. The zero-order valence-electron chi connectivity index (χ0n) is 14.1. The third-order valence-corrected chi connectivity index (χ3v) is 4.86. The summed E-state index contributed by atoms with van der Waals surface area (Å²) in [6.07, 6.45) is 1.61. The molecular formula is C16H21N3O5S. The molecule has 0 aliphatic heterocycles. The van der Waals surface area contributed by atoms with E-state index >= 15 is 0 Å². The van der Waals surface area contributed by atoms with Crippen LogP contribution in [0.5, 0.6) is 0 Å². The number of hydrogen-bond donors (Lipinski definition) is 2. The minimum atomic E-state index is -3.29. The number of benzene rings is 1. The van der Waals surface area contributed by atoms with E-state index in [1.807, 2.05) is 0 Å². The molecule has 25 heavy (non-hydrogen) atoms. The predicted molar refractivity (Wildman–Crippen MR) is 94.8 cm³/mol. The second kappa shape index (κ2) is 7.66. The van der Waals surface area contributed by atoms with Crippen molar-refractivity contribution >= 4 is 15.7 Å². The van der Waals surface area contributed by atoms with Crippen LogP contribution in [0.2, 0.25) is 0 Å². The first kappa shape index (κ1) is 18.9. The van der Waals surface area contributed by atoms with Crippen LogP contribution in [0.1, 0.15) is 12.0 Å². The van der Waals surface area contributed by atoms with Gasteiger partial charge in [-0.25, -0.2) is 13.2 Å². The van der Waals surface area contributed by atoms with E-state index in [1.54, 1.807) is 12.1 Å². The number of hydrogen-bond acceptors (Lipinski definition) is 6. The van der Waals surface area contributed by atoms with Crippen molar-refractivity contribution in [1.29, 1.82) is 0 Å². The van der Waals surface area contributed by atoms with Gasteiger partial charge in [0.05, 0.1) is 11.4 Å². The standard InChI is InChI=1S/C16H21N3O5S/c1-18-15(21)10-14(17-8-3-9-20)19(16(18)22)11-12-4-6-13(7-5-12)25(2,23)24/h4-7,10,17,20H,3,8-9,11H2,1-2H3. The van der Waals surface area contributed by atoms with Gasteiger partial charge in [0.1, 0.15) is 5.82 Å². The number of aromatic nitrogens is 2. The largest absolute Gasteiger partial charge is 0.396 e. The molecule has 1 aromatic heterocycles. The topological polar surface area (TPSA) is 110 Å². The first-order chi connectivity index (χ1) is 11.7. The van der Waals surface area contributed by atoms with Crippen LogP contribution < -0.4 is 16.6 Å². The Morgan fingerprint density at radius 3 is 2.36 bits per heavy atom. The van der Waals surface area contributed by atoms with E-state index in [4.69, 9.17) is 5.11 Å². The van der Waals surface area contributed by atoms with E-state index in [0.29, 0.717) is 18.8 Å². The lowest BCUT2D eigenvalue weighted by Crippen LogP contribution is -2.39. The molecule has 0 saturated heterocycles. The van der Waals surface area contributed by atoms with Gasteiger partial charge >= 0.3 is 5.69 Å². The molecule has 0 aliphatic rings. The van der Waals surface area contributed by atoms with Gasteiger partial charge in [-0.1, -0.05) is 12.1 Å². The first-order valence-electron chi connectivity index (χ1n) is 7.68. The van der Waals surface area contributed by atoms with Gasteiger partial charge in [0.2, 0.25) is 0 Å². The SMILES string of the molecule is Cn1c(=O)cc(NCCCO)n(Cc2ccc(S(C)(=O)=O)cc2)c1=O. The lowest BCUT2D eigenvalue weighted by molar-refractivity contribution is 0.292. The zero-order valence-corrected chi connectivity index (χ0v) is 14.9. The van der Waals surface area contributed by atoms with Gasteiger partial charge in [-0.05, 0) is 24.1 Å². The van der Waals surface area contributed by atoms with Crippen molar-refractivity contribution in [2.75, 3.05) is 24.7 Å². The molecule has 0 spiro atoms. The smallest absolute Gasteiger partial charge is 0.332 e. The molecule has 0 fully saturated rings. The lowest BCUT2D eigenvalue weighted by atomic mass is 10.2. The maximum absolute atomic E-state index is 12.4. The van der Waals surface area contributed by atoms with E-state index in [9.17, 15) is 18.0 Å². The molecule has 0 amide bonds. The maximum atomic E-state index is 12.4. The van der Waals surface area contributed by atoms with E-state index in [-0.39, 0.29) is 18.0 Å². The van der Waals surface area contributed by atoms with Crippen molar-refractivity contribution in [2.45, 2.75) is 17.9 Å². The van der Waals surface area contributed by atoms with Gasteiger partial charge in [0.15, 0.2) is 9.84 Å². The summed E-state index contributed by atoms with van der Waals surface area (Å²) >= 11 is 0. The van der Waals surface area contributed by atoms with Gasteiger partial charge in [0, 0.05) is 32.5 Å². The van der Waals surface area contributed by atoms with E-state index in [1.165, 1.54) is 29.8 Å².